The van der Waals surface area contributed by atoms with Gasteiger partial charge >= 0.3 is 5.69 Å². The quantitative estimate of drug-likeness (QED) is 0.208. The highest BCUT2D eigenvalue weighted by atomic mass is 35.5. The van der Waals surface area contributed by atoms with Crippen LogP contribution in [-0.4, -0.2) is 80.9 Å². The molecular formula is C35H39Cl2N9O4. The Kier molecular flexibility index (Phi) is 9.84. The molecule has 0 bridgehead atoms. The van der Waals surface area contributed by atoms with Gasteiger partial charge in [0.2, 0.25) is 5.79 Å². The normalized spacial score (nSPS) is 20.6. The van der Waals surface area contributed by atoms with Gasteiger partial charge in [-0.2, -0.15) is 24.8 Å². The van der Waals surface area contributed by atoms with Crippen LogP contribution in [0.2, 0.25) is 10.0 Å². The number of nitrogens with two attached hydrogens (primary N) is 1. The summed E-state index contributed by atoms with van der Waals surface area (Å²) in [6.07, 6.45) is 4.40. The van der Waals surface area contributed by atoms with Gasteiger partial charge in [-0.1, -0.05) is 29.3 Å². The molecule has 7 rings (SSSR count). The minimum Gasteiger partial charge on any atom is -0.491 e. The maximum absolute atomic E-state index is 12.9. The molecule has 2 fully saturated rings. The number of benzene rings is 3. The van der Waals surface area contributed by atoms with Gasteiger partial charge in [-0.3, -0.25) is 4.57 Å². The molecule has 13 nitrogen and oxygen atoms in total. The second-order valence-corrected chi connectivity index (χ2v) is 13.5. The topological polar surface area (TPSA) is 131 Å². The maximum atomic E-state index is 12.9. The molecule has 0 radical (unpaired) electrons. The molecule has 0 amide bonds. The highest BCUT2D eigenvalue weighted by molar-refractivity contribution is 6.35. The zero-order chi connectivity index (χ0) is 34.8. The highest BCUT2D eigenvalue weighted by Crippen LogP contribution is 2.40. The van der Waals surface area contributed by atoms with Crippen LogP contribution in [-0.2, 0) is 21.8 Å². The lowest BCUT2D eigenvalue weighted by Crippen LogP contribution is -2.46. The van der Waals surface area contributed by atoms with Crippen LogP contribution in [0.25, 0.3) is 5.69 Å². The molecule has 0 spiro atoms. The molecule has 2 saturated heterocycles. The second-order valence-electron chi connectivity index (χ2n) is 12.6. The summed E-state index contributed by atoms with van der Waals surface area (Å²) in [5, 5.41) is 13.7. The summed E-state index contributed by atoms with van der Waals surface area (Å²) in [5.74, 6) is -0.447. The Bertz CT molecular complexity index is 1940. The van der Waals surface area contributed by atoms with Crippen molar-refractivity contribution in [2.75, 3.05) is 49.2 Å². The first kappa shape index (κ1) is 34.1. The summed E-state index contributed by atoms with van der Waals surface area (Å²) < 4.78 is 21.8. The third-order valence-electron chi connectivity index (χ3n) is 9.29. The lowest BCUT2D eigenvalue weighted by Gasteiger charge is -2.37. The van der Waals surface area contributed by atoms with Gasteiger partial charge in [0.05, 0.1) is 35.8 Å². The minimum absolute atomic E-state index is 0.142. The van der Waals surface area contributed by atoms with Crippen molar-refractivity contribution in [2.45, 2.75) is 44.4 Å². The first-order valence-electron chi connectivity index (χ1n) is 16.6. The SMILES string of the molecule is CC(N)C(C)n1cnn(-c2ccc(N3CCN(c4ccc(OC[C@@H]5CO[C@@](Cn6nccn6)(c6ccc(Cl)cc6Cl)O5)cc4)CC3)cc2)c1=O. The fraction of sp³-hybridized carbons (Fsp3) is 0.371. The van der Waals surface area contributed by atoms with E-state index in [1.54, 1.807) is 41.5 Å². The van der Waals surface area contributed by atoms with Gasteiger partial charge < -0.3 is 29.7 Å². The molecule has 2 aromatic heterocycles. The first-order valence-corrected chi connectivity index (χ1v) is 17.3. The Hall–Kier alpha value is -4.40. The molecule has 0 aliphatic carbocycles. The van der Waals surface area contributed by atoms with E-state index in [0.717, 1.165) is 49.0 Å². The van der Waals surface area contributed by atoms with E-state index in [2.05, 4.69) is 37.2 Å². The van der Waals surface area contributed by atoms with Crippen LogP contribution in [0.4, 0.5) is 11.4 Å². The third-order valence-corrected chi connectivity index (χ3v) is 9.84. The Morgan fingerprint density at radius 1 is 0.900 bits per heavy atom. The number of hydrogen-bond acceptors (Lipinski definition) is 10. The summed E-state index contributed by atoms with van der Waals surface area (Å²) >= 11 is 12.7. The van der Waals surface area contributed by atoms with Gasteiger partial charge in [0, 0.05) is 54.2 Å². The smallest absolute Gasteiger partial charge is 0.350 e. The van der Waals surface area contributed by atoms with Crippen molar-refractivity contribution in [3.8, 4) is 11.4 Å². The molecule has 5 aromatic rings. The fourth-order valence-electron chi connectivity index (χ4n) is 6.26. The van der Waals surface area contributed by atoms with Crippen LogP contribution < -0.4 is 26.0 Å². The van der Waals surface area contributed by atoms with E-state index in [1.807, 2.05) is 50.2 Å². The second kappa shape index (κ2) is 14.4. The number of nitrogens with zero attached hydrogens (tertiary/aromatic N) is 8. The van der Waals surface area contributed by atoms with Crippen molar-refractivity contribution in [3.05, 3.63) is 112 Å². The van der Waals surface area contributed by atoms with Crippen molar-refractivity contribution in [3.63, 3.8) is 0 Å². The Balaban J connectivity index is 0.924. The van der Waals surface area contributed by atoms with E-state index in [0.29, 0.717) is 28.8 Å². The van der Waals surface area contributed by atoms with Crippen LogP contribution in [0, 0.1) is 0 Å². The lowest BCUT2D eigenvalue weighted by molar-refractivity contribution is -0.192. The molecule has 2 aliphatic rings. The van der Waals surface area contributed by atoms with Gasteiger partial charge in [0.25, 0.3) is 0 Å². The van der Waals surface area contributed by atoms with Gasteiger partial charge in [-0.25, -0.2) is 4.79 Å². The lowest BCUT2D eigenvalue weighted by atomic mass is 10.1. The fourth-order valence-corrected chi connectivity index (χ4v) is 6.81. The molecule has 3 aromatic carbocycles. The third kappa shape index (κ3) is 7.10. The zero-order valence-corrected chi connectivity index (χ0v) is 29.3. The molecule has 2 N–H and O–H groups in total. The van der Waals surface area contributed by atoms with Gasteiger partial charge in [-0.05, 0) is 74.5 Å². The number of anilines is 2. The molecule has 0 saturated carbocycles. The number of halogens is 2. The molecule has 50 heavy (non-hydrogen) atoms. The Morgan fingerprint density at radius 2 is 1.52 bits per heavy atom. The molecule has 15 heteroatoms. The van der Waals surface area contributed by atoms with E-state index < -0.39 is 5.79 Å². The van der Waals surface area contributed by atoms with Gasteiger partial charge in [0.15, 0.2) is 0 Å². The molecule has 2 unspecified atom stereocenters. The largest absolute Gasteiger partial charge is 0.491 e. The molecule has 4 heterocycles. The van der Waals surface area contributed by atoms with Crippen molar-refractivity contribution in [2.24, 2.45) is 5.73 Å². The highest BCUT2D eigenvalue weighted by Gasteiger charge is 2.46. The zero-order valence-electron chi connectivity index (χ0n) is 27.8. The average Bonchev–Trinajstić information content (AvgIpc) is 3.88. The Labute approximate surface area is 299 Å². The van der Waals surface area contributed by atoms with E-state index in [4.69, 9.17) is 43.1 Å². The summed E-state index contributed by atoms with van der Waals surface area (Å²) in [6, 6.07) is 21.0. The minimum atomic E-state index is -1.19. The van der Waals surface area contributed by atoms with Gasteiger partial charge in [-0.15, -0.1) is 0 Å². The maximum Gasteiger partial charge on any atom is 0.350 e. The molecular weight excluding hydrogens is 681 g/mol. The summed E-state index contributed by atoms with van der Waals surface area (Å²) in [7, 11) is 0. The Morgan fingerprint density at radius 3 is 2.14 bits per heavy atom. The predicted octanol–water partition coefficient (Wildman–Crippen LogP) is 4.51. The standard InChI is InChI=1S/C35H39Cl2N9O4/c1-24(38)25(2)44-23-41-46(34(44)47)29-6-4-27(5-7-29)42-15-17-43(18-16-42)28-8-10-30(11-9-28)48-20-31-21-49-35(50-31,22-45-39-13-14-40-45)32-12-3-26(36)19-33(32)37/h3-14,19,23-25,31H,15-18,20-22,38H2,1-2H3/t24?,25?,31-,35-/m1/s1. The molecule has 262 valence electrons. The first-order chi connectivity index (χ1) is 24.2. The van der Waals surface area contributed by atoms with Crippen LogP contribution >= 0.6 is 23.2 Å². The van der Waals surface area contributed by atoms with Gasteiger partial charge in [0.1, 0.15) is 31.3 Å². The van der Waals surface area contributed by atoms with Crippen molar-refractivity contribution in [1.29, 1.82) is 0 Å². The van der Waals surface area contributed by atoms with Crippen LogP contribution in [0.5, 0.6) is 5.75 Å². The molecule has 2 aliphatic heterocycles. The van der Waals surface area contributed by atoms with E-state index in [9.17, 15) is 4.79 Å². The number of hydrogen-bond donors (Lipinski definition) is 1. The monoisotopic (exact) mass is 719 g/mol. The molecule has 4 atom stereocenters. The summed E-state index contributed by atoms with van der Waals surface area (Å²) in [4.78, 5) is 19.1. The number of ether oxygens (including phenoxy) is 3. The van der Waals surface area contributed by atoms with Crippen LogP contribution in [0.3, 0.4) is 0 Å². The van der Waals surface area contributed by atoms with Crippen molar-refractivity contribution < 1.29 is 14.2 Å². The predicted molar refractivity (Wildman–Crippen MR) is 192 cm³/mol. The van der Waals surface area contributed by atoms with E-state index in [-0.39, 0.29) is 30.4 Å². The number of piperazine rings is 1. The number of rotatable bonds is 11. The van der Waals surface area contributed by atoms with E-state index >= 15 is 0 Å². The summed E-state index contributed by atoms with van der Waals surface area (Å²) in [5.41, 5.74) is 9.40. The average molecular weight is 721 g/mol. The van der Waals surface area contributed by atoms with Crippen LogP contribution in [0.15, 0.2) is 90.2 Å². The van der Waals surface area contributed by atoms with Crippen molar-refractivity contribution >= 4 is 34.6 Å². The van der Waals surface area contributed by atoms with Crippen LogP contribution in [0.1, 0.15) is 25.5 Å². The number of aromatic nitrogens is 6. The van der Waals surface area contributed by atoms with E-state index in [1.165, 1.54) is 9.48 Å². The van der Waals surface area contributed by atoms with Crippen molar-refractivity contribution in [1.82, 2.24) is 29.3 Å². The summed E-state index contributed by atoms with van der Waals surface area (Å²) in [6.45, 7) is 8.08.